The molecule has 1 saturated heterocycles. The molecule has 0 unspecified atom stereocenters. The van der Waals surface area contributed by atoms with Gasteiger partial charge in [-0.3, -0.25) is 9.69 Å². The van der Waals surface area contributed by atoms with Crippen LogP contribution in [0.15, 0.2) is 0 Å². The molecule has 0 aliphatic carbocycles. The molecule has 23 heavy (non-hydrogen) atoms. The van der Waals surface area contributed by atoms with Crippen LogP contribution in [-0.4, -0.2) is 55.9 Å². The molecule has 0 aromatic heterocycles. The molecular weight excluding hydrogens is 290 g/mol. The normalized spacial score (nSPS) is 14.7. The standard InChI is InChI=1S/C11H23NO2.C6H14N2.CH4/c1-5-7-9-14-10(13)11(3,4)12-8-6-2;1-2-4-8-5-3-7-6-8;/h12H,5-9H2,1-4H3;7H,2-6H2,1H3;1H4. The Morgan fingerprint density at radius 3 is 2.39 bits per heavy atom. The fourth-order valence-electron chi connectivity index (χ4n) is 2.06. The number of hydrogen-bond acceptors (Lipinski definition) is 5. The van der Waals surface area contributed by atoms with Gasteiger partial charge < -0.3 is 15.4 Å². The topological polar surface area (TPSA) is 53.6 Å². The summed E-state index contributed by atoms with van der Waals surface area (Å²) >= 11 is 0. The predicted octanol–water partition coefficient (Wildman–Crippen LogP) is 3.00. The molecule has 5 nitrogen and oxygen atoms in total. The van der Waals surface area contributed by atoms with Crippen LogP contribution in [0.3, 0.4) is 0 Å². The van der Waals surface area contributed by atoms with Crippen molar-refractivity contribution in [3.63, 3.8) is 0 Å². The summed E-state index contributed by atoms with van der Waals surface area (Å²) in [5.74, 6) is -0.153. The van der Waals surface area contributed by atoms with E-state index in [-0.39, 0.29) is 13.4 Å². The third-order valence-corrected chi connectivity index (χ3v) is 3.54. The van der Waals surface area contributed by atoms with Crippen LogP contribution < -0.4 is 10.6 Å². The molecule has 0 amide bonds. The lowest BCUT2D eigenvalue weighted by atomic mass is 10.1. The molecule has 5 heteroatoms. The molecule has 1 heterocycles. The van der Waals surface area contributed by atoms with Crippen LogP contribution in [-0.2, 0) is 9.53 Å². The van der Waals surface area contributed by atoms with E-state index in [0.29, 0.717) is 6.61 Å². The average molecular weight is 332 g/mol. The number of nitrogens with zero attached hydrogens (tertiary/aromatic N) is 1. The van der Waals surface area contributed by atoms with Crippen molar-refractivity contribution < 1.29 is 9.53 Å². The highest BCUT2D eigenvalue weighted by atomic mass is 16.5. The molecule has 1 aliphatic rings. The summed E-state index contributed by atoms with van der Waals surface area (Å²) in [5, 5.41) is 6.44. The van der Waals surface area contributed by atoms with Crippen molar-refractivity contribution in [2.75, 3.05) is 39.5 Å². The maximum absolute atomic E-state index is 11.6. The fraction of sp³-hybridized carbons (Fsp3) is 0.944. The van der Waals surface area contributed by atoms with Crippen LogP contribution in [0.1, 0.15) is 67.7 Å². The summed E-state index contributed by atoms with van der Waals surface area (Å²) in [6.45, 7) is 16.3. The number of carbonyl (C=O) groups excluding carboxylic acids is 1. The van der Waals surface area contributed by atoms with Gasteiger partial charge in [0, 0.05) is 19.8 Å². The van der Waals surface area contributed by atoms with Gasteiger partial charge in [-0.1, -0.05) is 34.6 Å². The minimum Gasteiger partial charge on any atom is -0.464 e. The molecule has 0 bridgehead atoms. The number of unbranched alkanes of at least 4 members (excludes halogenated alkanes) is 1. The predicted molar refractivity (Wildman–Crippen MR) is 99.7 cm³/mol. The third kappa shape index (κ3) is 12.4. The Balaban J connectivity index is 0. The number of rotatable bonds is 9. The van der Waals surface area contributed by atoms with Crippen molar-refractivity contribution in [2.45, 2.75) is 73.3 Å². The molecule has 0 radical (unpaired) electrons. The molecule has 0 atom stereocenters. The van der Waals surface area contributed by atoms with Gasteiger partial charge in [0.2, 0.25) is 0 Å². The summed E-state index contributed by atoms with van der Waals surface area (Å²) < 4.78 is 5.14. The molecule has 1 aliphatic heterocycles. The van der Waals surface area contributed by atoms with Crippen molar-refractivity contribution in [3.8, 4) is 0 Å². The van der Waals surface area contributed by atoms with Crippen LogP contribution in [0.5, 0.6) is 0 Å². The van der Waals surface area contributed by atoms with E-state index in [1.54, 1.807) is 0 Å². The number of hydrogen-bond donors (Lipinski definition) is 2. The van der Waals surface area contributed by atoms with Crippen molar-refractivity contribution in [1.82, 2.24) is 15.5 Å². The van der Waals surface area contributed by atoms with Gasteiger partial charge in [0.05, 0.1) is 6.61 Å². The maximum atomic E-state index is 11.6. The van der Waals surface area contributed by atoms with Gasteiger partial charge in [0.25, 0.3) is 0 Å². The number of ether oxygens (including phenoxy) is 1. The minimum absolute atomic E-state index is 0. The van der Waals surface area contributed by atoms with E-state index in [9.17, 15) is 4.79 Å². The highest BCUT2D eigenvalue weighted by molar-refractivity contribution is 5.79. The van der Waals surface area contributed by atoms with E-state index < -0.39 is 5.54 Å². The summed E-state index contributed by atoms with van der Waals surface area (Å²) in [4.78, 5) is 14.0. The van der Waals surface area contributed by atoms with Crippen molar-refractivity contribution in [3.05, 3.63) is 0 Å². The second-order valence-electron chi connectivity index (χ2n) is 6.32. The van der Waals surface area contributed by atoms with Gasteiger partial charge in [0.15, 0.2) is 0 Å². The first-order chi connectivity index (χ1) is 10.5. The monoisotopic (exact) mass is 331 g/mol. The SMILES string of the molecule is C.CCCCOC(=O)C(C)(C)NCCC.CCCN1CCNC1. The number of esters is 1. The smallest absolute Gasteiger partial charge is 0.325 e. The summed E-state index contributed by atoms with van der Waals surface area (Å²) in [6, 6.07) is 0. The van der Waals surface area contributed by atoms with E-state index in [2.05, 4.69) is 36.3 Å². The first-order valence-corrected chi connectivity index (χ1v) is 8.83. The fourth-order valence-corrected chi connectivity index (χ4v) is 2.06. The van der Waals surface area contributed by atoms with E-state index in [1.165, 1.54) is 26.1 Å². The molecule has 0 spiro atoms. The summed E-state index contributed by atoms with van der Waals surface area (Å²) in [6.07, 6.45) is 4.29. The molecule has 140 valence electrons. The first-order valence-electron chi connectivity index (χ1n) is 8.83. The molecule has 0 aromatic rings. The molecular formula is C18H41N3O2. The molecule has 0 aromatic carbocycles. The van der Waals surface area contributed by atoms with Crippen LogP contribution in [0.25, 0.3) is 0 Å². The van der Waals surface area contributed by atoms with E-state index >= 15 is 0 Å². The minimum atomic E-state index is -0.552. The van der Waals surface area contributed by atoms with Gasteiger partial charge >= 0.3 is 5.97 Å². The van der Waals surface area contributed by atoms with Crippen LogP contribution in [0, 0.1) is 0 Å². The zero-order valence-electron chi connectivity index (χ0n) is 15.3. The van der Waals surface area contributed by atoms with Crippen molar-refractivity contribution in [2.24, 2.45) is 0 Å². The Morgan fingerprint density at radius 2 is 1.91 bits per heavy atom. The summed E-state index contributed by atoms with van der Waals surface area (Å²) in [5.41, 5.74) is -0.552. The highest BCUT2D eigenvalue weighted by Crippen LogP contribution is 2.05. The quantitative estimate of drug-likeness (QED) is 0.502. The van der Waals surface area contributed by atoms with E-state index in [4.69, 9.17) is 4.74 Å². The Hall–Kier alpha value is -0.650. The largest absolute Gasteiger partial charge is 0.464 e. The lowest BCUT2D eigenvalue weighted by Gasteiger charge is -2.23. The Labute approximate surface area is 144 Å². The Morgan fingerprint density at radius 1 is 1.22 bits per heavy atom. The van der Waals surface area contributed by atoms with Gasteiger partial charge in [-0.05, 0) is 46.2 Å². The van der Waals surface area contributed by atoms with E-state index in [0.717, 1.165) is 32.5 Å². The Bertz CT molecular complexity index is 277. The molecule has 0 saturated carbocycles. The maximum Gasteiger partial charge on any atom is 0.325 e. The van der Waals surface area contributed by atoms with Gasteiger partial charge in [0.1, 0.15) is 5.54 Å². The lowest BCUT2D eigenvalue weighted by molar-refractivity contribution is -0.150. The van der Waals surface area contributed by atoms with Gasteiger partial charge in [-0.15, -0.1) is 0 Å². The second-order valence-corrected chi connectivity index (χ2v) is 6.32. The van der Waals surface area contributed by atoms with Gasteiger partial charge in [-0.25, -0.2) is 0 Å². The number of nitrogens with one attached hydrogen (secondary N) is 2. The van der Waals surface area contributed by atoms with E-state index in [1.807, 2.05) is 13.8 Å². The average Bonchev–Trinajstić information content (AvgIpc) is 2.99. The Kier molecular flexibility index (Phi) is 15.9. The zero-order valence-corrected chi connectivity index (χ0v) is 15.3. The molecule has 2 N–H and O–H groups in total. The first kappa shape index (κ1) is 24.6. The number of carbonyl (C=O) groups is 1. The second kappa shape index (κ2) is 14.9. The molecule has 1 rings (SSSR count). The summed E-state index contributed by atoms with van der Waals surface area (Å²) in [7, 11) is 0. The highest BCUT2D eigenvalue weighted by Gasteiger charge is 2.27. The lowest BCUT2D eigenvalue weighted by Crippen LogP contribution is -2.48. The third-order valence-electron chi connectivity index (χ3n) is 3.54. The van der Waals surface area contributed by atoms with Crippen LogP contribution >= 0.6 is 0 Å². The van der Waals surface area contributed by atoms with Gasteiger partial charge in [-0.2, -0.15) is 0 Å². The molecule has 1 fully saturated rings. The van der Waals surface area contributed by atoms with Crippen molar-refractivity contribution >= 4 is 5.97 Å². The van der Waals surface area contributed by atoms with Crippen molar-refractivity contribution in [1.29, 1.82) is 0 Å². The van der Waals surface area contributed by atoms with Crippen LogP contribution in [0.2, 0.25) is 0 Å². The van der Waals surface area contributed by atoms with Crippen LogP contribution in [0.4, 0.5) is 0 Å². The zero-order chi connectivity index (χ0) is 16.8.